The SMILES string of the molecule is CC(C)(C)OC(=O)NCC=Cc1cnc2ncccn12. The highest BCUT2D eigenvalue weighted by molar-refractivity contribution is 5.68. The number of hydrogen-bond acceptors (Lipinski definition) is 4. The van der Waals surface area contributed by atoms with Gasteiger partial charge in [-0.1, -0.05) is 6.08 Å². The Bertz CT molecular complexity index is 625. The standard InChI is InChI=1S/C14H18N4O2/c1-14(2,3)20-13(19)16-7-4-6-11-10-17-12-15-8-5-9-18(11)12/h4-6,8-10H,7H2,1-3H3,(H,16,19). The van der Waals surface area contributed by atoms with Gasteiger partial charge in [-0.25, -0.2) is 14.8 Å². The lowest BCUT2D eigenvalue weighted by molar-refractivity contribution is 0.0534. The van der Waals surface area contributed by atoms with Crippen LogP contribution in [0, 0.1) is 0 Å². The lowest BCUT2D eigenvalue weighted by Gasteiger charge is -2.19. The van der Waals surface area contributed by atoms with E-state index in [1.807, 2.05) is 49.6 Å². The lowest BCUT2D eigenvalue weighted by atomic mass is 10.2. The summed E-state index contributed by atoms with van der Waals surface area (Å²) >= 11 is 0. The van der Waals surface area contributed by atoms with Crippen LogP contribution in [-0.4, -0.2) is 32.6 Å². The van der Waals surface area contributed by atoms with E-state index >= 15 is 0 Å². The highest BCUT2D eigenvalue weighted by Crippen LogP contribution is 2.07. The molecule has 0 atom stereocenters. The monoisotopic (exact) mass is 274 g/mol. The third-order valence-corrected chi connectivity index (χ3v) is 2.37. The third kappa shape index (κ3) is 3.81. The molecule has 0 saturated heterocycles. The van der Waals surface area contributed by atoms with Gasteiger partial charge in [0.15, 0.2) is 0 Å². The maximum absolute atomic E-state index is 11.4. The van der Waals surface area contributed by atoms with Gasteiger partial charge in [-0.2, -0.15) is 0 Å². The Kier molecular flexibility index (Phi) is 4.02. The first-order valence-corrected chi connectivity index (χ1v) is 6.37. The molecule has 0 aliphatic rings. The van der Waals surface area contributed by atoms with Crippen LogP contribution >= 0.6 is 0 Å². The number of imidazole rings is 1. The van der Waals surface area contributed by atoms with Gasteiger partial charge in [0.25, 0.3) is 0 Å². The van der Waals surface area contributed by atoms with Crippen molar-refractivity contribution in [3.05, 3.63) is 36.4 Å². The van der Waals surface area contributed by atoms with E-state index in [4.69, 9.17) is 4.74 Å². The minimum absolute atomic E-state index is 0.391. The van der Waals surface area contributed by atoms with Crippen LogP contribution in [0.2, 0.25) is 0 Å². The number of ether oxygens (including phenoxy) is 1. The predicted molar refractivity (Wildman–Crippen MR) is 76.3 cm³/mol. The summed E-state index contributed by atoms with van der Waals surface area (Å²) in [5, 5.41) is 2.66. The molecule has 0 saturated carbocycles. The van der Waals surface area contributed by atoms with Gasteiger partial charge < -0.3 is 10.1 Å². The maximum Gasteiger partial charge on any atom is 0.407 e. The van der Waals surface area contributed by atoms with Crippen LogP contribution < -0.4 is 5.32 Å². The molecule has 0 aliphatic heterocycles. The molecule has 1 N–H and O–H groups in total. The molecular weight excluding hydrogens is 256 g/mol. The van der Waals surface area contributed by atoms with Crippen LogP contribution in [0.4, 0.5) is 4.79 Å². The summed E-state index contributed by atoms with van der Waals surface area (Å²) in [5.74, 6) is 0.646. The van der Waals surface area contributed by atoms with E-state index in [2.05, 4.69) is 15.3 Å². The van der Waals surface area contributed by atoms with Crippen molar-refractivity contribution in [2.24, 2.45) is 0 Å². The van der Waals surface area contributed by atoms with Crippen molar-refractivity contribution in [3.63, 3.8) is 0 Å². The number of carbonyl (C=O) groups is 1. The molecule has 6 heteroatoms. The number of carbonyl (C=O) groups excluding carboxylic acids is 1. The topological polar surface area (TPSA) is 68.5 Å². The fourth-order valence-electron chi connectivity index (χ4n) is 1.61. The molecule has 0 unspecified atom stereocenters. The summed E-state index contributed by atoms with van der Waals surface area (Å²) in [6.45, 7) is 5.87. The van der Waals surface area contributed by atoms with E-state index in [1.54, 1.807) is 12.4 Å². The van der Waals surface area contributed by atoms with Crippen LogP contribution in [0.1, 0.15) is 26.5 Å². The molecule has 0 bridgehead atoms. The molecule has 2 heterocycles. The van der Waals surface area contributed by atoms with Crippen molar-refractivity contribution >= 4 is 17.9 Å². The van der Waals surface area contributed by atoms with Crippen molar-refractivity contribution < 1.29 is 9.53 Å². The van der Waals surface area contributed by atoms with Crippen molar-refractivity contribution in [2.45, 2.75) is 26.4 Å². The molecule has 2 rings (SSSR count). The summed E-state index contributed by atoms with van der Waals surface area (Å²) in [6, 6.07) is 1.84. The predicted octanol–water partition coefficient (Wildman–Crippen LogP) is 2.27. The van der Waals surface area contributed by atoms with E-state index in [0.29, 0.717) is 12.3 Å². The van der Waals surface area contributed by atoms with Crippen molar-refractivity contribution in [3.8, 4) is 0 Å². The number of alkyl carbamates (subject to hydrolysis) is 1. The molecule has 0 fully saturated rings. The molecule has 6 nitrogen and oxygen atoms in total. The zero-order valence-electron chi connectivity index (χ0n) is 11.8. The van der Waals surface area contributed by atoms with Gasteiger partial charge in [0.2, 0.25) is 5.78 Å². The molecule has 0 aliphatic carbocycles. The smallest absolute Gasteiger partial charge is 0.407 e. The molecule has 2 aromatic rings. The quantitative estimate of drug-likeness (QED) is 0.932. The number of amides is 1. The summed E-state index contributed by atoms with van der Waals surface area (Å²) in [5.41, 5.74) is 0.417. The van der Waals surface area contributed by atoms with Crippen molar-refractivity contribution in [1.82, 2.24) is 19.7 Å². The molecule has 106 valence electrons. The van der Waals surface area contributed by atoms with Gasteiger partial charge in [-0.05, 0) is 32.9 Å². The molecule has 20 heavy (non-hydrogen) atoms. The summed E-state index contributed by atoms with van der Waals surface area (Å²) in [7, 11) is 0. The normalized spacial score (nSPS) is 11.9. The van der Waals surface area contributed by atoms with Crippen LogP contribution in [0.25, 0.3) is 11.9 Å². The van der Waals surface area contributed by atoms with Gasteiger partial charge in [0.05, 0.1) is 11.9 Å². The minimum atomic E-state index is -0.485. The van der Waals surface area contributed by atoms with Crippen LogP contribution in [0.3, 0.4) is 0 Å². The molecular formula is C14H18N4O2. The van der Waals surface area contributed by atoms with Crippen LogP contribution in [-0.2, 0) is 4.74 Å². The molecule has 0 spiro atoms. The number of nitrogens with zero attached hydrogens (tertiary/aromatic N) is 3. The number of hydrogen-bond donors (Lipinski definition) is 1. The first-order valence-electron chi connectivity index (χ1n) is 6.37. The van der Waals surface area contributed by atoms with Gasteiger partial charge in [-0.3, -0.25) is 4.40 Å². The van der Waals surface area contributed by atoms with E-state index in [0.717, 1.165) is 5.69 Å². The lowest BCUT2D eigenvalue weighted by Crippen LogP contribution is -2.32. The second-order valence-electron chi connectivity index (χ2n) is 5.26. The molecule has 2 aromatic heterocycles. The van der Waals surface area contributed by atoms with Gasteiger partial charge in [0.1, 0.15) is 5.60 Å². The highest BCUT2D eigenvalue weighted by Gasteiger charge is 2.14. The molecule has 0 aromatic carbocycles. The largest absolute Gasteiger partial charge is 0.444 e. The average molecular weight is 274 g/mol. The second kappa shape index (κ2) is 5.73. The summed E-state index contributed by atoms with van der Waals surface area (Å²) in [6.07, 6.45) is 8.59. The second-order valence-corrected chi connectivity index (χ2v) is 5.26. The highest BCUT2D eigenvalue weighted by atomic mass is 16.6. The van der Waals surface area contributed by atoms with Gasteiger partial charge in [0, 0.05) is 18.9 Å². The van der Waals surface area contributed by atoms with Crippen molar-refractivity contribution in [1.29, 1.82) is 0 Å². The Hall–Kier alpha value is -2.37. The van der Waals surface area contributed by atoms with E-state index in [-0.39, 0.29) is 0 Å². The number of aromatic nitrogens is 3. The third-order valence-electron chi connectivity index (χ3n) is 2.37. The molecule has 1 amide bonds. The molecule has 0 radical (unpaired) electrons. The number of rotatable bonds is 3. The van der Waals surface area contributed by atoms with Crippen LogP contribution in [0.5, 0.6) is 0 Å². The fraction of sp³-hybridized carbons (Fsp3) is 0.357. The summed E-state index contributed by atoms with van der Waals surface area (Å²) in [4.78, 5) is 19.7. The zero-order chi connectivity index (χ0) is 14.6. The van der Waals surface area contributed by atoms with E-state index < -0.39 is 11.7 Å². The van der Waals surface area contributed by atoms with Gasteiger partial charge in [-0.15, -0.1) is 0 Å². The van der Waals surface area contributed by atoms with Crippen LogP contribution in [0.15, 0.2) is 30.7 Å². The average Bonchev–Trinajstić information content (AvgIpc) is 2.76. The Morgan fingerprint density at radius 2 is 2.25 bits per heavy atom. The first-order chi connectivity index (χ1) is 9.46. The number of nitrogens with one attached hydrogen (secondary N) is 1. The Morgan fingerprint density at radius 3 is 3.00 bits per heavy atom. The Balaban J connectivity index is 1.89. The van der Waals surface area contributed by atoms with Gasteiger partial charge >= 0.3 is 6.09 Å². The van der Waals surface area contributed by atoms with Crippen molar-refractivity contribution in [2.75, 3.05) is 6.54 Å². The maximum atomic E-state index is 11.4. The summed E-state index contributed by atoms with van der Waals surface area (Å²) < 4.78 is 7.00. The fourth-order valence-corrected chi connectivity index (χ4v) is 1.61. The van der Waals surface area contributed by atoms with E-state index in [9.17, 15) is 4.79 Å². The Morgan fingerprint density at radius 1 is 1.45 bits per heavy atom. The first kappa shape index (κ1) is 14.0. The number of fused-ring (bicyclic) bond motifs is 1. The minimum Gasteiger partial charge on any atom is -0.444 e. The Labute approximate surface area is 117 Å². The zero-order valence-corrected chi connectivity index (χ0v) is 11.8. The van der Waals surface area contributed by atoms with E-state index in [1.165, 1.54) is 0 Å².